The number of rotatable bonds is 5. The van der Waals surface area contributed by atoms with Crippen LogP contribution in [0.15, 0.2) is 46.8 Å². The van der Waals surface area contributed by atoms with E-state index < -0.39 is 0 Å². The van der Waals surface area contributed by atoms with Crippen LogP contribution in [0.5, 0.6) is 0 Å². The lowest BCUT2D eigenvalue weighted by Crippen LogP contribution is -2.27. The van der Waals surface area contributed by atoms with Crippen LogP contribution in [0, 0.1) is 0 Å². The number of anilines is 1. The van der Waals surface area contributed by atoms with Crippen molar-refractivity contribution < 1.29 is 0 Å². The SMILES string of the molecule is CCc1cccc(NC(N)=NCC(C)(C)c2cccs2)c1.I. The van der Waals surface area contributed by atoms with Crippen molar-refractivity contribution in [1.82, 2.24) is 0 Å². The van der Waals surface area contributed by atoms with Gasteiger partial charge in [0.1, 0.15) is 0 Å². The molecule has 0 atom stereocenters. The summed E-state index contributed by atoms with van der Waals surface area (Å²) in [7, 11) is 0. The van der Waals surface area contributed by atoms with Crippen molar-refractivity contribution in [3.8, 4) is 0 Å². The van der Waals surface area contributed by atoms with Crippen LogP contribution < -0.4 is 11.1 Å². The summed E-state index contributed by atoms with van der Waals surface area (Å²) < 4.78 is 0. The number of benzene rings is 1. The van der Waals surface area contributed by atoms with Crippen molar-refractivity contribution >= 4 is 47.0 Å². The molecule has 0 saturated heterocycles. The average molecular weight is 429 g/mol. The maximum atomic E-state index is 6.00. The summed E-state index contributed by atoms with van der Waals surface area (Å²) in [5.74, 6) is 0.466. The van der Waals surface area contributed by atoms with E-state index in [0.29, 0.717) is 12.5 Å². The Bertz CT molecular complexity index is 606. The zero-order valence-electron chi connectivity index (χ0n) is 13.3. The Morgan fingerprint density at radius 3 is 2.68 bits per heavy atom. The number of thiophene rings is 1. The molecule has 0 fully saturated rings. The van der Waals surface area contributed by atoms with Gasteiger partial charge in [-0.05, 0) is 35.6 Å². The first-order valence-electron chi connectivity index (χ1n) is 7.21. The molecular formula is C17H24IN3S. The molecule has 0 spiro atoms. The first-order valence-corrected chi connectivity index (χ1v) is 8.09. The van der Waals surface area contributed by atoms with E-state index in [0.717, 1.165) is 12.1 Å². The van der Waals surface area contributed by atoms with Crippen LogP contribution >= 0.6 is 35.3 Å². The average Bonchev–Trinajstić information content (AvgIpc) is 3.00. The molecule has 0 unspecified atom stereocenters. The van der Waals surface area contributed by atoms with Crippen LogP contribution in [0.1, 0.15) is 31.2 Å². The van der Waals surface area contributed by atoms with Crippen molar-refractivity contribution in [3.05, 3.63) is 52.2 Å². The van der Waals surface area contributed by atoms with Gasteiger partial charge in [0.05, 0.1) is 6.54 Å². The summed E-state index contributed by atoms with van der Waals surface area (Å²) in [6.07, 6.45) is 1.01. The predicted molar refractivity (Wildman–Crippen MR) is 109 cm³/mol. The van der Waals surface area contributed by atoms with E-state index in [9.17, 15) is 0 Å². The van der Waals surface area contributed by atoms with Crippen LogP contribution in [0.25, 0.3) is 0 Å². The Morgan fingerprint density at radius 1 is 1.27 bits per heavy atom. The number of aliphatic imine (C=N–C) groups is 1. The minimum absolute atomic E-state index is 0. The van der Waals surface area contributed by atoms with E-state index in [-0.39, 0.29) is 29.4 Å². The quantitative estimate of drug-likeness (QED) is 0.414. The minimum atomic E-state index is 0. The lowest BCUT2D eigenvalue weighted by atomic mass is 9.92. The summed E-state index contributed by atoms with van der Waals surface area (Å²) in [5, 5.41) is 5.26. The molecule has 2 aromatic rings. The van der Waals surface area contributed by atoms with Crippen LogP contribution in [0.4, 0.5) is 5.69 Å². The highest BCUT2D eigenvalue weighted by Gasteiger charge is 2.21. The Balaban J connectivity index is 0.00000242. The molecule has 0 aliphatic carbocycles. The maximum absolute atomic E-state index is 6.00. The summed E-state index contributed by atoms with van der Waals surface area (Å²) in [6, 6.07) is 12.5. The smallest absolute Gasteiger partial charge is 0.193 e. The maximum Gasteiger partial charge on any atom is 0.193 e. The predicted octanol–water partition coefficient (Wildman–Crippen LogP) is 4.63. The molecule has 1 aromatic heterocycles. The van der Waals surface area contributed by atoms with Crippen molar-refractivity contribution in [3.63, 3.8) is 0 Å². The van der Waals surface area contributed by atoms with Gasteiger partial charge in [-0.2, -0.15) is 0 Å². The van der Waals surface area contributed by atoms with Gasteiger partial charge >= 0.3 is 0 Å². The van der Waals surface area contributed by atoms with Gasteiger partial charge in [0, 0.05) is 16.0 Å². The number of nitrogens with zero attached hydrogens (tertiary/aromatic N) is 1. The van der Waals surface area contributed by atoms with E-state index in [1.54, 1.807) is 11.3 Å². The number of guanidine groups is 1. The van der Waals surface area contributed by atoms with Gasteiger partial charge in [0.25, 0.3) is 0 Å². The van der Waals surface area contributed by atoms with Gasteiger partial charge < -0.3 is 11.1 Å². The van der Waals surface area contributed by atoms with E-state index in [2.05, 4.69) is 60.7 Å². The summed E-state index contributed by atoms with van der Waals surface area (Å²) in [5.41, 5.74) is 8.28. The molecule has 0 aliphatic heterocycles. The third-order valence-electron chi connectivity index (χ3n) is 3.44. The Kier molecular flexibility index (Phi) is 7.35. The number of hydrogen-bond acceptors (Lipinski definition) is 2. The number of hydrogen-bond donors (Lipinski definition) is 2. The van der Waals surface area contributed by atoms with Crippen molar-refractivity contribution in [2.75, 3.05) is 11.9 Å². The molecular weight excluding hydrogens is 405 g/mol. The number of nitrogens with two attached hydrogens (primary N) is 1. The molecule has 0 bridgehead atoms. The van der Waals surface area contributed by atoms with Gasteiger partial charge in [-0.1, -0.05) is 39.0 Å². The minimum Gasteiger partial charge on any atom is -0.370 e. The van der Waals surface area contributed by atoms with Crippen LogP contribution in [0.2, 0.25) is 0 Å². The molecule has 3 N–H and O–H groups in total. The van der Waals surface area contributed by atoms with Crippen molar-refractivity contribution in [2.45, 2.75) is 32.6 Å². The first-order chi connectivity index (χ1) is 10.0. The standard InChI is InChI=1S/C17H23N3S.HI/c1-4-13-7-5-8-14(11-13)20-16(18)19-12-17(2,3)15-9-6-10-21-15;/h5-11H,4,12H2,1-3H3,(H3,18,19,20);1H. The second-order valence-corrected chi connectivity index (χ2v) is 6.69. The highest BCUT2D eigenvalue weighted by Crippen LogP contribution is 2.27. The Hall–Kier alpha value is -1.08. The third kappa shape index (κ3) is 5.28. The van der Waals surface area contributed by atoms with Crippen molar-refractivity contribution in [2.24, 2.45) is 10.7 Å². The molecule has 0 amide bonds. The highest BCUT2D eigenvalue weighted by atomic mass is 127. The summed E-state index contributed by atoms with van der Waals surface area (Å²) >= 11 is 1.76. The fourth-order valence-electron chi connectivity index (χ4n) is 2.08. The lowest BCUT2D eigenvalue weighted by molar-refractivity contribution is 0.551. The van der Waals surface area contributed by atoms with Gasteiger partial charge in [-0.25, -0.2) is 0 Å². The Labute approximate surface area is 154 Å². The summed E-state index contributed by atoms with van der Waals surface area (Å²) in [6.45, 7) is 7.18. The largest absolute Gasteiger partial charge is 0.370 e. The summed E-state index contributed by atoms with van der Waals surface area (Å²) in [4.78, 5) is 5.82. The zero-order valence-corrected chi connectivity index (χ0v) is 16.4. The lowest BCUT2D eigenvalue weighted by Gasteiger charge is -2.21. The Morgan fingerprint density at radius 2 is 2.05 bits per heavy atom. The monoisotopic (exact) mass is 429 g/mol. The molecule has 120 valence electrons. The van der Waals surface area contributed by atoms with E-state index in [4.69, 9.17) is 5.73 Å². The molecule has 3 nitrogen and oxygen atoms in total. The van der Waals surface area contributed by atoms with E-state index in [1.165, 1.54) is 10.4 Å². The molecule has 1 heterocycles. The number of aryl methyl sites for hydroxylation is 1. The molecule has 0 radical (unpaired) electrons. The fraction of sp³-hybridized carbons (Fsp3) is 0.353. The second-order valence-electron chi connectivity index (χ2n) is 5.74. The van der Waals surface area contributed by atoms with Gasteiger partial charge in [-0.3, -0.25) is 4.99 Å². The zero-order chi connectivity index (χ0) is 15.3. The normalized spacial score (nSPS) is 11.9. The molecule has 5 heteroatoms. The molecule has 0 saturated carbocycles. The van der Waals surface area contributed by atoms with Gasteiger partial charge in [-0.15, -0.1) is 35.3 Å². The second kappa shape index (κ2) is 8.53. The van der Waals surface area contributed by atoms with Gasteiger partial charge in [0.2, 0.25) is 0 Å². The van der Waals surface area contributed by atoms with Crippen LogP contribution in [-0.4, -0.2) is 12.5 Å². The van der Waals surface area contributed by atoms with E-state index in [1.807, 2.05) is 12.1 Å². The fourth-order valence-corrected chi connectivity index (χ4v) is 2.93. The first kappa shape index (κ1) is 19.0. The van der Waals surface area contributed by atoms with Crippen LogP contribution in [-0.2, 0) is 11.8 Å². The third-order valence-corrected chi connectivity index (χ3v) is 4.68. The van der Waals surface area contributed by atoms with E-state index >= 15 is 0 Å². The molecule has 0 aliphatic rings. The molecule has 1 aromatic carbocycles. The van der Waals surface area contributed by atoms with Crippen LogP contribution in [0.3, 0.4) is 0 Å². The van der Waals surface area contributed by atoms with Crippen molar-refractivity contribution in [1.29, 1.82) is 0 Å². The molecule has 22 heavy (non-hydrogen) atoms. The van der Waals surface area contributed by atoms with Gasteiger partial charge in [0.15, 0.2) is 5.96 Å². The number of nitrogens with one attached hydrogen (secondary N) is 1. The molecule has 2 rings (SSSR count). The number of halogens is 1. The highest BCUT2D eigenvalue weighted by molar-refractivity contribution is 14.0. The topological polar surface area (TPSA) is 50.4 Å².